The van der Waals surface area contributed by atoms with Crippen molar-refractivity contribution < 1.29 is 9.53 Å². The maximum Gasteiger partial charge on any atom is 0.227 e. The molecule has 0 aliphatic rings. The summed E-state index contributed by atoms with van der Waals surface area (Å²) in [6, 6.07) is 11.7. The number of carbonyl (C=O) groups excluding carboxylic acids is 1. The molecule has 0 radical (unpaired) electrons. The Labute approximate surface area is 180 Å². The third kappa shape index (κ3) is 5.36. The van der Waals surface area contributed by atoms with Gasteiger partial charge in [-0.25, -0.2) is 9.97 Å². The fourth-order valence-electron chi connectivity index (χ4n) is 3.17. The van der Waals surface area contributed by atoms with E-state index < -0.39 is 0 Å². The first-order valence-electron chi connectivity index (χ1n) is 9.36. The summed E-state index contributed by atoms with van der Waals surface area (Å²) in [5, 5.41) is 2.80. The maximum atomic E-state index is 13.2. The molecule has 7 heteroatoms. The van der Waals surface area contributed by atoms with Crippen LogP contribution in [0.3, 0.4) is 0 Å². The number of methoxy groups -OCH3 is 1. The molecular formula is C22H25N3O2S2. The van der Waals surface area contributed by atoms with Gasteiger partial charge in [0.1, 0.15) is 5.75 Å². The van der Waals surface area contributed by atoms with Crippen molar-refractivity contribution in [3.8, 4) is 5.75 Å². The highest BCUT2D eigenvalue weighted by molar-refractivity contribution is 7.98. The van der Waals surface area contributed by atoms with E-state index in [0.717, 1.165) is 38.4 Å². The van der Waals surface area contributed by atoms with Crippen molar-refractivity contribution in [2.75, 3.05) is 18.3 Å². The van der Waals surface area contributed by atoms with Gasteiger partial charge >= 0.3 is 0 Å². The van der Waals surface area contributed by atoms with Crippen molar-refractivity contribution in [2.45, 2.75) is 38.4 Å². The smallest absolute Gasteiger partial charge is 0.227 e. The van der Waals surface area contributed by atoms with Gasteiger partial charge in [0.25, 0.3) is 0 Å². The van der Waals surface area contributed by atoms with E-state index in [1.807, 2.05) is 60.7 Å². The summed E-state index contributed by atoms with van der Waals surface area (Å²) in [4.78, 5) is 25.2. The Hall–Kier alpha value is -2.38. The number of hydrogen-bond donors (Lipinski definition) is 0. The van der Waals surface area contributed by atoms with Gasteiger partial charge in [0.2, 0.25) is 5.91 Å². The highest BCUT2D eigenvalue weighted by Gasteiger charge is 2.18. The number of thiophene rings is 1. The summed E-state index contributed by atoms with van der Waals surface area (Å²) in [6.07, 6.45) is 3.00. The van der Waals surface area contributed by atoms with Crippen LogP contribution >= 0.6 is 23.1 Å². The topological polar surface area (TPSA) is 55.3 Å². The van der Waals surface area contributed by atoms with Crippen LogP contribution in [0, 0.1) is 13.8 Å². The number of carbonyl (C=O) groups is 1. The fraction of sp³-hybridized carbons (Fsp3) is 0.318. The minimum Gasteiger partial charge on any atom is -0.497 e. The van der Waals surface area contributed by atoms with Crippen molar-refractivity contribution in [2.24, 2.45) is 0 Å². The van der Waals surface area contributed by atoms with Gasteiger partial charge in [-0.15, -0.1) is 11.3 Å². The van der Waals surface area contributed by atoms with Crippen molar-refractivity contribution >= 4 is 34.7 Å². The first-order chi connectivity index (χ1) is 14.0. The number of anilines is 1. The zero-order chi connectivity index (χ0) is 20.8. The molecule has 0 unspecified atom stereocenters. The van der Waals surface area contributed by atoms with Gasteiger partial charge in [-0.3, -0.25) is 4.79 Å². The minimum atomic E-state index is 0.0799. The summed E-state index contributed by atoms with van der Waals surface area (Å²) in [7, 11) is 1.64. The van der Waals surface area contributed by atoms with Gasteiger partial charge in [-0.05, 0) is 67.8 Å². The summed E-state index contributed by atoms with van der Waals surface area (Å²) < 4.78 is 5.25. The first kappa shape index (κ1) is 21.3. The highest BCUT2D eigenvalue weighted by Crippen LogP contribution is 2.24. The lowest BCUT2D eigenvalue weighted by molar-refractivity contribution is -0.118. The van der Waals surface area contributed by atoms with Crippen molar-refractivity contribution in [1.82, 2.24) is 9.97 Å². The monoisotopic (exact) mass is 427 g/mol. The van der Waals surface area contributed by atoms with E-state index in [1.54, 1.807) is 18.4 Å². The van der Waals surface area contributed by atoms with Crippen molar-refractivity contribution in [1.29, 1.82) is 0 Å². The number of thioether (sulfide) groups is 1. The van der Waals surface area contributed by atoms with Crippen LogP contribution in [0.2, 0.25) is 0 Å². The van der Waals surface area contributed by atoms with Crippen LogP contribution in [-0.2, 0) is 17.8 Å². The minimum absolute atomic E-state index is 0.0799. The second-order valence-corrected chi connectivity index (χ2v) is 8.42. The summed E-state index contributed by atoms with van der Waals surface area (Å²) in [5.41, 5.74) is 3.82. The van der Waals surface area contributed by atoms with Crippen LogP contribution in [0.5, 0.6) is 5.75 Å². The largest absolute Gasteiger partial charge is 0.497 e. The zero-order valence-corrected chi connectivity index (χ0v) is 18.8. The molecule has 152 valence electrons. The molecule has 1 amide bonds. The Bertz CT molecular complexity index is 934. The molecule has 5 nitrogen and oxygen atoms in total. The van der Waals surface area contributed by atoms with E-state index in [0.29, 0.717) is 19.4 Å². The number of amides is 1. The van der Waals surface area contributed by atoms with Crippen LogP contribution in [-0.4, -0.2) is 29.2 Å². The number of nitrogens with zero attached hydrogens (tertiary/aromatic N) is 3. The number of hydrogen-bond acceptors (Lipinski definition) is 6. The normalized spacial score (nSPS) is 10.8. The van der Waals surface area contributed by atoms with Gasteiger partial charge in [0, 0.05) is 28.4 Å². The summed E-state index contributed by atoms with van der Waals surface area (Å²) in [5.74, 6) is 0.853. The predicted molar refractivity (Wildman–Crippen MR) is 120 cm³/mol. The molecular weight excluding hydrogens is 402 g/mol. The highest BCUT2D eigenvalue weighted by atomic mass is 32.2. The Morgan fingerprint density at radius 3 is 2.38 bits per heavy atom. The molecule has 0 saturated carbocycles. The van der Waals surface area contributed by atoms with Crippen molar-refractivity contribution in [3.05, 3.63) is 63.6 Å². The zero-order valence-electron chi connectivity index (χ0n) is 17.1. The maximum absolute atomic E-state index is 13.2. The number of aromatic nitrogens is 2. The van der Waals surface area contributed by atoms with Crippen LogP contribution in [0.15, 0.2) is 46.9 Å². The molecule has 2 aromatic heterocycles. The molecule has 0 fully saturated rings. The van der Waals surface area contributed by atoms with Gasteiger partial charge in [-0.2, -0.15) is 0 Å². The van der Waals surface area contributed by atoms with E-state index in [1.165, 1.54) is 11.8 Å². The summed E-state index contributed by atoms with van der Waals surface area (Å²) in [6.45, 7) is 4.53. The molecule has 0 atom stereocenters. The van der Waals surface area contributed by atoms with E-state index in [9.17, 15) is 4.79 Å². The second-order valence-electron chi connectivity index (χ2n) is 6.62. The number of ether oxygens (including phenoxy) is 1. The molecule has 3 rings (SSSR count). The van der Waals surface area contributed by atoms with Crippen LogP contribution < -0.4 is 9.64 Å². The van der Waals surface area contributed by atoms with E-state index in [4.69, 9.17) is 4.74 Å². The van der Waals surface area contributed by atoms with E-state index in [-0.39, 0.29) is 5.91 Å². The fourth-order valence-corrected chi connectivity index (χ4v) is 4.32. The van der Waals surface area contributed by atoms with E-state index in [2.05, 4.69) is 16.0 Å². The van der Waals surface area contributed by atoms with Crippen molar-refractivity contribution in [3.63, 3.8) is 0 Å². The molecule has 0 N–H and O–H groups in total. The van der Waals surface area contributed by atoms with Crippen LogP contribution in [0.4, 0.5) is 5.69 Å². The van der Waals surface area contributed by atoms with Crippen LogP contribution in [0.25, 0.3) is 0 Å². The lowest BCUT2D eigenvalue weighted by atomic mass is 10.1. The lowest BCUT2D eigenvalue weighted by Crippen LogP contribution is -2.30. The van der Waals surface area contributed by atoms with E-state index >= 15 is 0 Å². The molecule has 0 aliphatic carbocycles. The van der Waals surface area contributed by atoms with Gasteiger partial charge in [0.15, 0.2) is 5.16 Å². The van der Waals surface area contributed by atoms with Crippen LogP contribution in [0.1, 0.15) is 28.2 Å². The third-order valence-corrected chi connectivity index (χ3v) is 6.16. The molecule has 1 aromatic carbocycles. The average molecular weight is 428 g/mol. The SMILES string of the molecule is COc1ccc(N(Cc2cccs2)C(=O)CCc2c(C)nc(SC)nc2C)cc1. The number of benzene rings is 1. The predicted octanol–water partition coefficient (Wildman–Crippen LogP) is 5.05. The molecule has 0 spiro atoms. The lowest BCUT2D eigenvalue weighted by Gasteiger charge is -2.23. The van der Waals surface area contributed by atoms with Gasteiger partial charge < -0.3 is 9.64 Å². The second kappa shape index (κ2) is 9.89. The van der Waals surface area contributed by atoms with Gasteiger partial charge in [0.05, 0.1) is 13.7 Å². The average Bonchev–Trinajstić information content (AvgIpc) is 3.24. The quantitative estimate of drug-likeness (QED) is 0.372. The Morgan fingerprint density at radius 2 is 1.83 bits per heavy atom. The molecule has 3 aromatic rings. The molecule has 0 bridgehead atoms. The summed E-state index contributed by atoms with van der Waals surface area (Å²) >= 11 is 3.18. The standard InChI is InChI=1S/C22H25N3O2S2/c1-15-20(16(2)24-22(23-15)28-4)11-12-21(26)25(14-19-6-5-13-29-19)17-7-9-18(27-3)10-8-17/h5-10,13H,11-12,14H2,1-4H3. The van der Waals surface area contributed by atoms with Gasteiger partial charge in [-0.1, -0.05) is 17.8 Å². The number of aryl methyl sites for hydroxylation is 2. The molecule has 0 saturated heterocycles. The number of rotatable bonds is 8. The molecule has 2 heterocycles. The first-order valence-corrected chi connectivity index (χ1v) is 11.5. The molecule has 29 heavy (non-hydrogen) atoms. The Balaban J connectivity index is 1.79. The Kier molecular flexibility index (Phi) is 7.28. The third-order valence-electron chi connectivity index (χ3n) is 4.75. The Morgan fingerprint density at radius 1 is 1.14 bits per heavy atom. The molecule has 0 aliphatic heterocycles.